The molecule has 2 heterocycles. The summed E-state index contributed by atoms with van der Waals surface area (Å²) in [5, 5.41) is 11.3. The molecule has 1 aliphatic heterocycles. The van der Waals surface area contributed by atoms with Crippen LogP contribution in [0.25, 0.3) is 11.3 Å². The molecule has 0 aliphatic carbocycles. The van der Waals surface area contributed by atoms with Gasteiger partial charge in [0.1, 0.15) is 0 Å². The second kappa shape index (κ2) is 13.2. The van der Waals surface area contributed by atoms with Gasteiger partial charge in [0.15, 0.2) is 5.78 Å². The molecule has 1 aromatic heterocycles. The molecule has 39 heavy (non-hydrogen) atoms. The number of nitrogens with zero attached hydrogens (tertiary/aromatic N) is 4. The van der Waals surface area contributed by atoms with E-state index in [1.807, 2.05) is 12.1 Å². The lowest BCUT2D eigenvalue weighted by Crippen LogP contribution is -2.40. The van der Waals surface area contributed by atoms with Crippen molar-refractivity contribution in [2.75, 3.05) is 44.7 Å². The molecule has 0 radical (unpaired) electrons. The summed E-state index contributed by atoms with van der Waals surface area (Å²) < 4.78 is 0. The van der Waals surface area contributed by atoms with Crippen LogP contribution in [0.3, 0.4) is 0 Å². The molecule has 0 unspecified atom stereocenters. The van der Waals surface area contributed by atoms with Crippen LogP contribution < -0.4 is 15.5 Å². The van der Waals surface area contributed by atoms with Gasteiger partial charge in [-0.25, -0.2) is 5.01 Å². The second-order valence-electron chi connectivity index (χ2n) is 9.96. The molecule has 7 heteroatoms. The second-order valence-corrected chi connectivity index (χ2v) is 9.96. The first-order chi connectivity index (χ1) is 18.9. The average molecular weight is 525 g/mol. The number of Topliss-reactive ketones (excluding diaryl/α,β-unsaturated/α-hetero) is 1. The van der Waals surface area contributed by atoms with Crippen LogP contribution in [0.5, 0.6) is 0 Å². The molecule has 2 N–H and O–H groups in total. The lowest BCUT2D eigenvalue weighted by Gasteiger charge is -2.35. The fraction of sp³-hybridized carbons (Fsp3) is 0.312. The van der Waals surface area contributed by atoms with Gasteiger partial charge in [-0.2, -0.15) is 0 Å². The van der Waals surface area contributed by atoms with E-state index in [1.54, 1.807) is 13.1 Å². The number of pyridine rings is 1. The molecule has 204 valence electrons. The van der Waals surface area contributed by atoms with E-state index in [-0.39, 0.29) is 5.78 Å². The largest absolute Gasteiger partial charge is 0.386 e. The van der Waals surface area contributed by atoms with E-state index in [0.29, 0.717) is 18.7 Å². The summed E-state index contributed by atoms with van der Waals surface area (Å²) in [6.07, 6.45) is 1.64. The Morgan fingerprint density at radius 3 is 2.26 bits per heavy atom. The lowest BCUT2D eigenvalue weighted by molar-refractivity contribution is 0.0283. The summed E-state index contributed by atoms with van der Waals surface area (Å²) in [5.41, 5.74) is 8.24. The third kappa shape index (κ3) is 7.34. The van der Waals surface area contributed by atoms with Crippen molar-refractivity contribution in [3.8, 4) is 11.3 Å². The molecule has 7 nitrogen and oxygen atoms in total. The van der Waals surface area contributed by atoms with E-state index in [2.05, 4.69) is 106 Å². The fourth-order valence-electron chi connectivity index (χ4n) is 4.70. The SMILES string of the molecule is C=C(CN(CC(=C)N(C)N1Cc2ccccc2C1)c1ccc(-c2ccc(C(C)=O)cn2)cc1)NCCNCC. The zero-order valence-corrected chi connectivity index (χ0v) is 23.4. The van der Waals surface area contributed by atoms with Gasteiger partial charge in [0.25, 0.3) is 0 Å². The van der Waals surface area contributed by atoms with Crippen molar-refractivity contribution in [1.29, 1.82) is 0 Å². The van der Waals surface area contributed by atoms with Gasteiger partial charge in [0, 0.05) is 67.6 Å². The quantitative estimate of drug-likeness (QED) is 0.231. The maximum Gasteiger partial charge on any atom is 0.161 e. The lowest BCUT2D eigenvalue weighted by atomic mass is 10.1. The Morgan fingerprint density at radius 1 is 0.974 bits per heavy atom. The number of carbonyl (C=O) groups excluding carboxylic acids is 1. The molecular formula is C32H40N6O. The topological polar surface area (TPSA) is 63.7 Å². The zero-order chi connectivity index (χ0) is 27.8. The van der Waals surface area contributed by atoms with Crippen LogP contribution in [0.15, 0.2) is 91.4 Å². The standard InChI is InChI=1S/C32H40N6O/c1-6-33-17-18-34-24(2)20-37(21-25(3)36(5)38-22-29-9-7-8-10-30(29)23-38)31-14-11-27(12-15-31)32-16-13-28(19-35-32)26(4)39/h7-16,19,33-34H,2-3,6,17-18,20-23H2,1,4-5H3. The highest BCUT2D eigenvalue weighted by molar-refractivity contribution is 5.93. The first-order valence-electron chi connectivity index (χ1n) is 13.5. The Balaban J connectivity index is 1.47. The van der Waals surface area contributed by atoms with Gasteiger partial charge < -0.3 is 20.5 Å². The summed E-state index contributed by atoms with van der Waals surface area (Å²) in [7, 11) is 2.09. The molecule has 3 aromatic rings. The Bertz CT molecular complexity index is 1260. The van der Waals surface area contributed by atoms with Crippen LogP contribution in [-0.4, -0.2) is 60.6 Å². The Morgan fingerprint density at radius 2 is 1.67 bits per heavy atom. The first kappa shape index (κ1) is 28.1. The molecule has 1 aliphatic rings. The van der Waals surface area contributed by atoms with Crippen molar-refractivity contribution in [3.63, 3.8) is 0 Å². The number of nitrogens with one attached hydrogen (secondary N) is 2. The maximum atomic E-state index is 11.6. The molecule has 2 aromatic carbocycles. The average Bonchev–Trinajstić information content (AvgIpc) is 3.39. The van der Waals surface area contributed by atoms with Gasteiger partial charge in [0.2, 0.25) is 0 Å². The molecule has 0 spiro atoms. The van der Waals surface area contributed by atoms with Crippen molar-refractivity contribution in [2.45, 2.75) is 26.9 Å². The van der Waals surface area contributed by atoms with Crippen molar-refractivity contribution in [1.82, 2.24) is 25.6 Å². The number of likely N-dealkylation sites (N-methyl/N-ethyl adjacent to an activating group) is 2. The highest BCUT2D eigenvalue weighted by Crippen LogP contribution is 2.27. The van der Waals surface area contributed by atoms with Gasteiger partial charge in [-0.1, -0.05) is 56.5 Å². The van der Waals surface area contributed by atoms with Gasteiger partial charge in [-0.3, -0.25) is 9.78 Å². The monoisotopic (exact) mass is 524 g/mol. The molecule has 0 saturated carbocycles. The number of hydrazine groups is 1. The van der Waals surface area contributed by atoms with E-state index in [0.717, 1.165) is 61.1 Å². The highest BCUT2D eigenvalue weighted by atomic mass is 16.1. The van der Waals surface area contributed by atoms with Crippen LogP contribution >= 0.6 is 0 Å². The van der Waals surface area contributed by atoms with E-state index >= 15 is 0 Å². The Kier molecular flexibility index (Phi) is 9.52. The molecule has 0 fully saturated rings. The summed E-state index contributed by atoms with van der Waals surface area (Å²) in [6.45, 7) is 18.2. The van der Waals surface area contributed by atoms with E-state index in [4.69, 9.17) is 0 Å². The number of aromatic nitrogens is 1. The van der Waals surface area contributed by atoms with Crippen LogP contribution in [0.2, 0.25) is 0 Å². The summed E-state index contributed by atoms with van der Waals surface area (Å²) in [6, 6.07) is 20.7. The molecule has 0 amide bonds. The van der Waals surface area contributed by atoms with Gasteiger partial charge in [-0.15, -0.1) is 0 Å². The van der Waals surface area contributed by atoms with Gasteiger partial charge >= 0.3 is 0 Å². The number of fused-ring (bicyclic) bond motifs is 1. The Hall–Kier alpha value is -3.94. The van der Waals surface area contributed by atoms with Crippen molar-refractivity contribution < 1.29 is 4.79 Å². The van der Waals surface area contributed by atoms with Crippen molar-refractivity contribution in [3.05, 3.63) is 108 Å². The van der Waals surface area contributed by atoms with Crippen molar-refractivity contribution >= 4 is 11.5 Å². The minimum absolute atomic E-state index is 0.0161. The van der Waals surface area contributed by atoms with E-state index < -0.39 is 0 Å². The van der Waals surface area contributed by atoms with Gasteiger partial charge in [0.05, 0.1) is 18.8 Å². The summed E-state index contributed by atoms with van der Waals surface area (Å²) in [5.74, 6) is 0.0161. The predicted molar refractivity (Wildman–Crippen MR) is 160 cm³/mol. The third-order valence-electron chi connectivity index (χ3n) is 7.09. The van der Waals surface area contributed by atoms with Crippen LogP contribution in [0.1, 0.15) is 35.3 Å². The van der Waals surface area contributed by atoms with Gasteiger partial charge in [-0.05, 0) is 48.9 Å². The normalized spacial score (nSPS) is 12.6. The maximum absolute atomic E-state index is 11.6. The number of benzene rings is 2. The molecule has 4 rings (SSSR count). The van der Waals surface area contributed by atoms with Crippen LogP contribution in [-0.2, 0) is 13.1 Å². The number of ketones is 1. The Labute approximate surface area is 232 Å². The highest BCUT2D eigenvalue weighted by Gasteiger charge is 2.23. The number of anilines is 1. The first-order valence-corrected chi connectivity index (χ1v) is 13.5. The predicted octanol–water partition coefficient (Wildman–Crippen LogP) is 4.85. The smallest absolute Gasteiger partial charge is 0.161 e. The molecule has 0 saturated heterocycles. The number of hydrogen-bond acceptors (Lipinski definition) is 7. The molecular weight excluding hydrogens is 484 g/mol. The zero-order valence-electron chi connectivity index (χ0n) is 23.4. The van der Waals surface area contributed by atoms with Crippen LogP contribution in [0, 0.1) is 0 Å². The fourth-order valence-corrected chi connectivity index (χ4v) is 4.70. The minimum Gasteiger partial charge on any atom is -0.386 e. The number of rotatable bonds is 14. The summed E-state index contributed by atoms with van der Waals surface area (Å²) in [4.78, 5) is 18.4. The van der Waals surface area contributed by atoms with Crippen LogP contribution in [0.4, 0.5) is 5.69 Å². The molecule has 0 atom stereocenters. The van der Waals surface area contributed by atoms with Crippen molar-refractivity contribution in [2.24, 2.45) is 0 Å². The minimum atomic E-state index is 0.0161. The van der Waals surface area contributed by atoms with E-state index in [1.165, 1.54) is 11.1 Å². The molecule has 0 bridgehead atoms. The van der Waals surface area contributed by atoms with E-state index in [9.17, 15) is 4.79 Å². The third-order valence-corrected chi connectivity index (χ3v) is 7.09. The summed E-state index contributed by atoms with van der Waals surface area (Å²) >= 11 is 0. The number of hydrogen-bond donors (Lipinski definition) is 2. The number of carbonyl (C=O) groups is 1.